The molecule has 276 valence electrons. The molecular weight excluding hydrogens is 674 g/mol. The Bertz CT molecular complexity index is 1760. The fourth-order valence-corrected chi connectivity index (χ4v) is 9.02. The third-order valence-electron chi connectivity index (χ3n) is 11.2. The van der Waals surface area contributed by atoms with Crippen molar-refractivity contribution in [3.8, 4) is 0 Å². The third-order valence-corrected chi connectivity index (χ3v) is 13.0. The van der Waals surface area contributed by atoms with Gasteiger partial charge in [0.15, 0.2) is 5.78 Å². The largest absolute Gasteiger partial charge is 0.444 e. The van der Waals surface area contributed by atoms with E-state index in [-0.39, 0.29) is 51.2 Å². The number of amides is 3. The van der Waals surface area contributed by atoms with Crippen molar-refractivity contribution < 1.29 is 41.9 Å². The van der Waals surface area contributed by atoms with Crippen molar-refractivity contribution in [3.05, 3.63) is 53.6 Å². The lowest BCUT2D eigenvalue weighted by Gasteiger charge is -2.35. The number of ketones is 2. The van der Waals surface area contributed by atoms with E-state index in [1.54, 1.807) is 17.9 Å². The average Bonchev–Trinajstić information content (AvgIpc) is 3.96. The van der Waals surface area contributed by atoms with Crippen molar-refractivity contribution in [1.82, 2.24) is 14.5 Å². The van der Waals surface area contributed by atoms with Crippen LogP contribution in [-0.4, -0.2) is 84.8 Å². The molecule has 3 aliphatic heterocycles. The molecule has 5 aliphatic rings. The summed E-state index contributed by atoms with van der Waals surface area (Å²) in [6.45, 7) is 12.2. The van der Waals surface area contributed by atoms with Crippen molar-refractivity contribution in [2.24, 2.45) is 28.6 Å². The minimum absolute atomic E-state index is 0.0109. The van der Waals surface area contributed by atoms with Gasteiger partial charge in [0, 0.05) is 37.6 Å². The molecule has 13 heteroatoms. The Labute approximate surface area is 300 Å². The van der Waals surface area contributed by atoms with Crippen LogP contribution in [0.2, 0.25) is 0 Å². The molecule has 12 nitrogen and oxygen atoms in total. The molecule has 2 aliphatic carbocycles. The number of benzene rings is 1. The van der Waals surface area contributed by atoms with Crippen molar-refractivity contribution in [1.29, 1.82) is 0 Å². The number of hydrogen-bond donors (Lipinski definition) is 1. The molecular formula is C38H49N3O9S. The van der Waals surface area contributed by atoms with Crippen molar-refractivity contribution in [2.45, 2.75) is 96.7 Å². The minimum atomic E-state index is -3.86. The van der Waals surface area contributed by atoms with Crippen LogP contribution >= 0.6 is 0 Å². The number of allylic oxidation sites excluding steroid dienone is 1. The first-order valence-electron chi connectivity index (χ1n) is 17.9. The molecule has 1 aromatic rings. The van der Waals surface area contributed by atoms with Crippen LogP contribution in [0, 0.1) is 28.6 Å². The average molecular weight is 724 g/mol. The quantitative estimate of drug-likeness (QED) is 0.408. The maximum Gasteiger partial charge on any atom is 0.410 e. The standard InChI is InChI=1S/C38H49N3O9S/c1-6-26-17-38(26,35(45)39-51(47,48)28-12-13-28)18-33(43)31-15-27-20-41(31)34(44)30(37(3,4)5)16-32(42)23(2)22-49-14-8-11-24-9-7-10-25-19-40(21-29(24)25)36(46)50-27/h6-11,23,26-28,30-31H,1,12-22H2,2-5H3,(H,39,45)/b11-8+/t23-,26+,27+,30+,31-,38+/m0/s1. The molecule has 2 saturated carbocycles. The molecule has 3 heterocycles. The van der Waals surface area contributed by atoms with Gasteiger partial charge in [0.05, 0.1) is 43.0 Å². The first kappa shape index (κ1) is 36.9. The van der Waals surface area contributed by atoms with E-state index in [0.717, 1.165) is 16.7 Å². The molecule has 0 spiro atoms. The van der Waals surface area contributed by atoms with Gasteiger partial charge >= 0.3 is 6.09 Å². The lowest BCUT2D eigenvalue weighted by Crippen LogP contribution is -2.49. The van der Waals surface area contributed by atoms with Crippen molar-refractivity contribution in [3.63, 3.8) is 0 Å². The molecule has 4 bridgehead atoms. The van der Waals surface area contributed by atoms with Gasteiger partial charge in [-0.15, -0.1) is 6.58 Å². The van der Waals surface area contributed by atoms with E-state index >= 15 is 0 Å². The van der Waals surface area contributed by atoms with Crippen LogP contribution in [0.3, 0.4) is 0 Å². The number of rotatable bonds is 7. The smallest absolute Gasteiger partial charge is 0.410 e. The summed E-state index contributed by atoms with van der Waals surface area (Å²) in [5.41, 5.74) is 0.951. The molecule has 3 fully saturated rings. The summed E-state index contributed by atoms with van der Waals surface area (Å²) in [6, 6.07) is 4.80. The van der Waals surface area contributed by atoms with Crippen LogP contribution in [0.25, 0.3) is 6.08 Å². The molecule has 0 radical (unpaired) electrons. The van der Waals surface area contributed by atoms with Gasteiger partial charge < -0.3 is 14.4 Å². The molecule has 1 aromatic carbocycles. The minimum Gasteiger partial charge on any atom is -0.444 e. The number of fused-ring (bicyclic) bond motifs is 3. The maximum absolute atomic E-state index is 14.5. The zero-order valence-corrected chi connectivity index (χ0v) is 30.7. The van der Waals surface area contributed by atoms with E-state index in [9.17, 15) is 32.4 Å². The summed E-state index contributed by atoms with van der Waals surface area (Å²) < 4.78 is 39.4. The number of Topliss-reactive ketones (excluding diaryl/α,β-unsaturated/α-hetero) is 2. The van der Waals surface area contributed by atoms with Gasteiger partial charge in [0.1, 0.15) is 11.9 Å². The SMILES string of the molecule is C=C[C@@H]1C[C@]1(CC(=O)[C@@H]1C[C@@H]2CN1C(=O)[C@H](C(C)(C)C)CC(=O)[C@@H](C)COC/C=C/c1cccc3c1CN(C3)C(=O)O2)C(=O)NS(=O)(=O)C1CC1. The van der Waals surface area contributed by atoms with Gasteiger partial charge in [-0.25, -0.2) is 13.2 Å². The van der Waals surface area contributed by atoms with Crippen molar-refractivity contribution >= 4 is 45.6 Å². The summed E-state index contributed by atoms with van der Waals surface area (Å²) in [7, 11) is -3.86. The number of ether oxygens (including phenoxy) is 2. The van der Waals surface area contributed by atoms with Gasteiger partial charge in [-0.2, -0.15) is 0 Å². The van der Waals surface area contributed by atoms with E-state index < -0.39 is 79.7 Å². The van der Waals surface area contributed by atoms with Crippen LogP contribution in [0.15, 0.2) is 36.9 Å². The van der Waals surface area contributed by atoms with Crippen LogP contribution in [0.5, 0.6) is 0 Å². The summed E-state index contributed by atoms with van der Waals surface area (Å²) in [5.74, 6) is -3.42. The van der Waals surface area contributed by atoms with E-state index in [2.05, 4.69) is 11.3 Å². The van der Waals surface area contributed by atoms with Gasteiger partial charge in [-0.1, -0.05) is 64.1 Å². The van der Waals surface area contributed by atoms with Crippen LogP contribution in [0.1, 0.15) is 82.9 Å². The van der Waals surface area contributed by atoms with Gasteiger partial charge in [0.2, 0.25) is 21.8 Å². The fourth-order valence-electron chi connectivity index (χ4n) is 7.64. The Morgan fingerprint density at radius 2 is 1.88 bits per heavy atom. The lowest BCUT2D eigenvalue weighted by molar-refractivity contribution is -0.147. The number of hydrogen-bond acceptors (Lipinski definition) is 9. The van der Waals surface area contributed by atoms with E-state index in [4.69, 9.17) is 9.47 Å². The first-order valence-corrected chi connectivity index (χ1v) is 19.4. The summed E-state index contributed by atoms with van der Waals surface area (Å²) in [5, 5.41) is -0.617. The monoisotopic (exact) mass is 723 g/mol. The number of carbonyl (C=O) groups is 5. The zero-order valence-electron chi connectivity index (χ0n) is 29.9. The Morgan fingerprint density at radius 1 is 1.14 bits per heavy atom. The van der Waals surface area contributed by atoms with E-state index in [1.165, 1.54) is 4.90 Å². The fraction of sp³-hybridized carbons (Fsp3) is 0.605. The second-order valence-electron chi connectivity index (χ2n) is 16.0. The topological polar surface area (TPSA) is 156 Å². The molecule has 1 N–H and O–H groups in total. The van der Waals surface area contributed by atoms with Crippen LogP contribution in [-0.2, 0) is 51.8 Å². The Morgan fingerprint density at radius 3 is 2.55 bits per heavy atom. The summed E-state index contributed by atoms with van der Waals surface area (Å²) >= 11 is 0. The number of nitrogens with one attached hydrogen (secondary N) is 1. The second kappa shape index (κ2) is 13.9. The Kier molecular flexibility index (Phi) is 10.1. The van der Waals surface area contributed by atoms with Crippen molar-refractivity contribution in [2.75, 3.05) is 19.8 Å². The van der Waals surface area contributed by atoms with E-state index in [0.29, 0.717) is 25.9 Å². The summed E-state index contributed by atoms with van der Waals surface area (Å²) in [4.78, 5) is 72.4. The number of nitrogens with zero attached hydrogens (tertiary/aromatic N) is 2. The molecule has 1 saturated heterocycles. The summed E-state index contributed by atoms with van der Waals surface area (Å²) in [6.07, 6.45) is 4.82. The first-order chi connectivity index (χ1) is 24.0. The third kappa shape index (κ3) is 7.69. The molecule has 3 amide bonds. The zero-order chi connectivity index (χ0) is 36.9. The van der Waals surface area contributed by atoms with Gasteiger partial charge in [0.25, 0.3) is 0 Å². The van der Waals surface area contributed by atoms with Crippen LogP contribution < -0.4 is 4.72 Å². The highest BCUT2D eigenvalue weighted by atomic mass is 32.2. The predicted octanol–water partition coefficient (Wildman–Crippen LogP) is 4.17. The van der Waals surface area contributed by atoms with Crippen LogP contribution in [0.4, 0.5) is 4.79 Å². The van der Waals surface area contributed by atoms with Gasteiger partial charge in [-0.05, 0) is 47.3 Å². The predicted molar refractivity (Wildman–Crippen MR) is 188 cm³/mol. The Balaban J connectivity index is 1.29. The van der Waals surface area contributed by atoms with Gasteiger partial charge in [-0.3, -0.25) is 28.8 Å². The highest BCUT2D eigenvalue weighted by Crippen LogP contribution is 2.57. The maximum atomic E-state index is 14.5. The second-order valence-corrected chi connectivity index (χ2v) is 18.0. The highest BCUT2D eigenvalue weighted by Gasteiger charge is 2.61. The molecule has 6 atom stereocenters. The molecule has 0 aromatic heterocycles. The lowest BCUT2D eigenvalue weighted by atomic mass is 9.75. The van der Waals surface area contributed by atoms with E-state index in [1.807, 2.05) is 51.1 Å². The normalized spacial score (nSPS) is 30.9. The Hall–Kier alpha value is -3.84. The number of sulfonamides is 1. The highest BCUT2D eigenvalue weighted by molar-refractivity contribution is 7.90. The molecule has 0 unspecified atom stereocenters. The molecule has 6 rings (SSSR count). The number of carbonyl (C=O) groups excluding carboxylic acids is 5. The molecule has 51 heavy (non-hydrogen) atoms.